The van der Waals surface area contributed by atoms with Crippen LogP contribution in [0.2, 0.25) is 0 Å². The Morgan fingerprint density at radius 2 is 1.72 bits per heavy atom. The molecule has 1 aromatic heterocycles. The zero-order valence-corrected chi connectivity index (χ0v) is 13.1. The minimum atomic E-state index is -3.46. The molecule has 2 aromatic rings. The van der Waals surface area contributed by atoms with Crippen LogP contribution in [0.5, 0.6) is 0 Å². The first-order valence-corrected chi connectivity index (χ1v) is 8.27. The van der Waals surface area contributed by atoms with E-state index in [1.807, 2.05) is 19.1 Å². The molecular formula is C12H12BrNO2S2. The molecule has 0 saturated heterocycles. The van der Waals surface area contributed by atoms with Crippen molar-refractivity contribution in [1.29, 1.82) is 0 Å². The van der Waals surface area contributed by atoms with Crippen molar-refractivity contribution in [3.05, 3.63) is 45.7 Å². The number of nitrogens with zero attached hydrogens (tertiary/aromatic N) is 1. The molecule has 1 heterocycles. The van der Waals surface area contributed by atoms with E-state index in [2.05, 4.69) is 15.9 Å². The van der Waals surface area contributed by atoms with Crippen molar-refractivity contribution in [2.75, 3.05) is 11.4 Å². The van der Waals surface area contributed by atoms with Crippen molar-refractivity contribution < 1.29 is 8.42 Å². The van der Waals surface area contributed by atoms with E-state index in [1.54, 1.807) is 31.3 Å². The molecule has 18 heavy (non-hydrogen) atoms. The van der Waals surface area contributed by atoms with Gasteiger partial charge in [0.1, 0.15) is 4.21 Å². The number of sulfonamides is 1. The van der Waals surface area contributed by atoms with E-state index in [-0.39, 0.29) is 0 Å². The fourth-order valence-electron chi connectivity index (χ4n) is 1.46. The van der Waals surface area contributed by atoms with Crippen molar-refractivity contribution in [2.45, 2.75) is 11.1 Å². The summed E-state index contributed by atoms with van der Waals surface area (Å²) >= 11 is 4.48. The van der Waals surface area contributed by atoms with Crippen LogP contribution in [-0.4, -0.2) is 15.5 Å². The molecule has 0 radical (unpaired) electrons. The molecule has 0 unspecified atom stereocenters. The number of hydrogen-bond donors (Lipinski definition) is 0. The molecule has 0 bridgehead atoms. The van der Waals surface area contributed by atoms with E-state index in [4.69, 9.17) is 0 Å². The Kier molecular flexibility index (Phi) is 3.79. The molecule has 0 aliphatic rings. The number of benzene rings is 1. The van der Waals surface area contributed by atoms with Gasteiger partial charge in [0.2, 0.25) is 0 Å². The maximum Gasteiger partial charge on any atom is 0.273 e. The summed E-state index contributed by atoms with van der Waals surface area (Å²) < 4.78 is 27.1. The molecule has 0 N–H and O–H groups in total. The predicted octanol–water partition coefficient (Wildman–Crippen LogP) is 3.64. The van der Waals surface area contributed by atoms with Gasteiger partial charge in [0.25, 0.3) is 10.0 Å². The second-order valence-corrected chi connectivity index (χ2v) is 8.53. The lowest BCUT2D eigenvalue weighted by Gasteiger charge is -2.18. The van der Waals surface area contributed by atoms with Gasteiger partial charge < -0.3 is 0 Å². The zero-order chi connectivity index (χ0) is 13.3. The first kappa shape index (κ1) is 13.6. The molecule has 6 heteroatoms. The Labute approximate surface area is 119 Å². The van der Waals surface area contributed by atoms with Crippen LogP contribution < -0.4 is 4.31 Å². The van der Waals surface area contributed by atoms with E-state index >= 15 is 0 Å². The summed E-state index contributed by atoms with van der Waals surface area (Å²) in [6, 6.07) is 10.7. The second kappa shape index (κ2) is 5.03. The first-order valence-electron chi connectivity index (χ1n) is 5.22. The third kappa shape index (κ3) is 2.60. The van der Waals surface area contributed by atoms with Crippen LogP contribution >= 0.6 is 27.3 Å². The second-order valence-electron chi connectivity index (χ2n) is 3.87. The monoisotopic (exact) mass is 345 g/mol. The molecule has 2 rings (SSSR count). The Morgan fingerprint density at radius 1 is 1.11 bits per heavy atom. The third-order valence-electron chi connectivity index (χ3n) is 2.56. The van der Waals surface area contributed by atoms with Crippen LogP contribution in [0.15, 0.2) is 44.4 Å². The average Bonchev–Trinajstić information content (AvgIpc) is 2.76. The summed E-state index contributed by atoms with van der Waals surface area (Å²) in [4.78, 5) is 0. The highest BCUT2D eigenvalue weighted by Crippen LogP contribution is 2.30. The van der Waals surface area contributed by atoms with Crippen LogP contribution in [-0.2, 0) is 10.0 Å². The molecule has 0 aliphatic carbocycles. The van der Waals surface area contributed by atoms with E-state index < -0.39 is 10.0 Å². The van der Waals surface area contributed by atoms with Gasteiger partial charge in [0, 0.05) is 7.05 Å². The maximum absolute atomic E-state index is 12.3. The topological polar surface area (TPSA) is 37.4 Å². The molecule has 0 fully saturated rings. The highest BCUT2D eigenvalue weighted by atomic mass is 79.9. The standard InChI is InChI=1S/C12H12BrNO2S2/c1-9-3-5-10(6-4-9)14(2)18(15,16)12-8-7-11(13)17-12/h3-8H,1-2H3. The number of halogens is 1. The van der Waals surface area contributed by atoms with E-state index in [0.717, 1.165) is 9.35 Å². The molecular weight excluding hydrogens is 334 g/mol. The van der Waals surface area contributed by atoms with Crippen molar-refractivity contribution >= 4 is 43.0 Å². The van der Waals surface area contributed by atoms with Crippen molar-refractivity contribution in [2.24, 2.45) is 0 Å². The molecule has 0 aliphatic heterocycles. The van der Waals surface area contributed by atoms with Gasteiger partial charge in [0.05, 0.1) is 9.47 Å². The van der Waals surface area contributed by atoms with E-state index in [9.17, 15) is 8.42 Å². The SMILES string of the molecule is Cc1ccc(N(C)S(=O)(=O)c2ccc(Br)s2)cc1. The van der Waals surface area contributed by atoms with Crippen LogP contribution in [0.4, 0.5) is 5.69 Å². The van der Waals surface area contributed by atoms with Crippen molar-refractivity contribution in [3.63, 3.8) is 0 Å². The third-order valence-corrected chi connectivity index (χ3v) is 6.44. The van der Waals surface area contributed by atoms with E-state index in [0.29, 0.717) is 9.90 Å². The van der Waals surface area contributed by atoms with Gasteiger partial charge in [-0.15, -0.1) is 11.3 Å². The molecule has 96 valence electrons. The van der Waals surface area contributed by atoms with Gasteiger partial charge >= 0.3 is 0 Å². The molecule has 0 spiro atoms. The number of thiophene rings is 1. The summed E-state index contributed by atoms with van der Waals surface area (Å²) in [7, 11) is -1.90. The molecule has 0 atom stereocenters. The van der Waals surface area contributed by atoms with Crippen molar-refractivity contribution in [1.82, 2.24) is 0 Å². The fraction of sp³-hybridized carbons (Fsp3) is 0.167. The molecule has 1 aromatic carbocycles. The highest BCUT2D eigenvalue weighted by Gasteiger charge is 2.22. The fourth-order valence-corrected chi connectivity index (χ4v) is 4.84. The lowest BCUT2D eigenvalue weighted by Crippen LogP contribution is -2.25. The minimum Gasteiger partial charge on any atom is -0.269 e. The average molecular weight is 346 g/mol. The number of anilines is 1. The zero-order valence-electron chi connectivity index (χ0n) is 9.92. The smallest absolute Gasteiger partial charge is 0.269 e. The summed E-state index contributed by atoms with van der Waals surface area (Å²) in [6.45, 7) is 1.97. The lowest BCUT2D eigenvalue weighted by atomic mass is 10.2. The highest BCUT2D eigenvalue weighted by molar-refractivity contribution is 9.11. The van der Waals surface area contributed by atoms with Gasteiger partial charge in [-0.1, -0.05) is 17.7 Å². The number of aryl methyl sites for hydroxylation is 1. The first-order chi connectivity index (χ1) is 8.41. The normalized spacial score (nSPS) is 11.5. The Bertz CT molecular complexity index is 647. The molecule has 3 nitrogen and oxygen atoms in total. The summed E-state index contributed by atoms with van der Waals surface area (Å²) in [5, 5.41) is 0. The Morgan fingerprint density at radius 3 is 2.22 bits per heavy atom. The van der Waals surface area contributed by atoms with E-state index in [1.165, 1.54) is 15.6 Å². The van der Waals surface area contributed by atoms with Gasteiger partial charge in [-0.05, 0) is 47.1 Å². The minimum absolute atomic E-state index is 0.331. The number of rotatable bonds is 3. The largest absolute Gasteiger partial charge is 0.273 e. The van der Waals surface area contributed by atoms with Crippen LogP contribution in [0.25, 0.3) is 0 Å². The quantitative estimate of drug-likeness (QED) is 0.851. The van der Waals surface area contributed by atoms with Gasteiger partial charge in [0.15, 0.2) is 0 Å². The Hall–Kier alpha value is -0.850. The van der Waals surface area contributed by atoms with Crippen LogP contribution in [0.1, 0.15) is 5.56 Å². The van der Waals surface area contributed by atoms with Crippen molar-refractivity contribution in [3.8, 4) is 0 Å². The predicted molar refractivity (Wildman–Crippen MR) is 78.8 cm³/mol. The summed E-state index contributed by atoms with van der Waals surface area (Å²) in [5.41, 5.74) is 1.76. The van der Waals surface area contributed by atoms with Gasteiger partial charge in [-0.25, -0.2) is 8.42 Å². The molecule has 0 saturated carbocycles. The van der Waals surface area contributed by atoms with Gasteiger partial charge in [-0.3, -0.25) is 4.31 Å². The summed E-state index contributed by atoms with van der Waals surface area (Å²) in [5.74, 6) is 0. The van der Waals surface area contributed by atoms with Gasteiger partial charge in [-0.2, -0.15) is 0 Å². The maximum atomic E-state index is 12.3. The lowest BCUT2D eigenvalue weighted by molar-refractivity contribution is 0.596. The number of hydrogen-bond acceptors (Lipinski definition) is 3. The molecule has 0 amide bonds. The van der Waals surface area contributed by atoms with Crippen LogP contribution in [0.3, 0.4) is 0 Å². The Balaban J connectivity index is 2.39. The summed E-state index contributed by atoms with van der Waals surface area (Å²) in [6.07, 6.45) is 0. The van der Waals surface area contributed by atoms with Crippen LogP contribution in [0, 0.1) is 6.92 Å².